The van der Waals surface area contributed by atoms with Gasteiger partial charge in [-0.25, -0.2) is 0 Å². The summed E-state index contributed by atoms with van der Waals surface area (Å²) in [6.07, 6.45) is 6.51. The van der Waals surface area contributed by atoms with E-state index in [0.717, 1.165) is 38.6 Å². The van der Waals surface area contributed by atoms with Gasteiger partial charge in [0.25, 0.3) is 0 Å². The lowest BCUT2D eigenvalue weighted by atomic mass is 9.96. The van der Waals surface area contributed by atoms with Crippen LogP contribution in [0.4, 0.5) is 0 Å². The zero-order valence-corrected chi connectivity index (χ0v) is 11.7. The molecular weight excluding hydrogens is 228 g/mol. The fourth-order valence-electron chi connectivity index (χ4n) is 3.13. The number of carbonyl (C=O) groups is 1. The number of nitrogens with one attached hydrogen (secondary N) is 2. The van der Waals surface area contributed by atoms with Gasteiger partial charge in [0.2, 0.25) is 5.91 Å². The fraction of sp³-hybridized carbons (Fsp3) is 0.929. The SMILES string of the molecule is CCCC1(C(=O)NCC2(COC)CCCN2)CC1. The third-order valence-corrected chi connectivity index (χ3v) is 4.40. The van der Waals surface area contributed by atoms with Crippen LogP contribution in [0.5, 0.6) is 0 Å². The smallest absolute Gasteiger partial charge is 0.226 e. The molecule has 2 fully saturated rings. The quantitative estimate of drug-likeness (QED) is 0.723. The van der Waals surface area contributed by atoms with Gasteiger partial charge in [-0.1, -0.05) is 13.3 Å². The number of hydrogen-bond donors (Lipinski definition) is 2. The van der Waals surface area contributed by atoms with E-state index in [-0.39, 0.29) is 16.9 Å². The zero-order chi connectivity index (χ0) is 13.1. The molecule has 1 atom stereocenters. The Bertz CT molecular complexity index is 294. The summed E-state index contributed by atoms with van der Waals surface area (Å²) in [6, 6.07) is 0. The molecule has 2 aliphatic rings. The minimum Gasteiger partial charge on any atom is -0.383 e. The van der Waals surface area contributed by atoms with Crippen LogP contribution in [0.1, 0.15) is 45.4 Å². The van der Waals surface area contributed by atoms with Gasteiger partial charge in [0, 0.05) is 19.1 Å². The van der Waals surface area contributed by atoms with E-state index in [1.54, 1.807) is 7.11 Å². The maximum Gasteiger partial charge on any atom is 0.226 e. The van der Waals surface area contributed by atoms with Crippen molar-refractivity contribution in [1.82, 2.24) is 10.6 Å². The largest absolute Gasteiger partial charge is 0.383 e. The van der Waals surface area contributed by atoms with E-state index in [9.17, 15) is 4.79 Å². The molecule has 1 saturated carbocycles. The highest BCUT2D eigenvalue weighted by molar-refractivity contribution is 5.85. The van der Waals surface area contributed by atoms with Gasteiger partial charge >= 0.3 is 0 Å². The summed E-state index contributed by atoms with van der Waals surface area (Å²) in [5.74, 6) is 0.258. The number of methoxy groups -OCH3 is 1. The minimum absolute atomic E-state index is 0.0262. The molecule has 0 radical (unpaired) electrons. The predicted octanol–water partition coefficient (Wildman–Crippen LogP) is 1.45. The first-order valence-corrected chi connectivity index (χ1v) is 7.19. The second-order valence-electron chi connectivity index (χ2n) is 5.96. The summed E-state index contributed by atoms with van der Waals surface area (Å²) in [6.45, 7) is 4.55. The van der Waals surface area contributed by atoms with E-state index in [0.29, 0.717) is 13.2 Å². The second kappa shape index (κ2) is 5.57. The van der Waals surface area contributed by atoms with Crippen LogP contribution < -0.4 is 10.6 Å². The number of carbonyl (C=O) groups excluding carboxylic acids is 1. The van der Waals surface area contributed by atoms with Crippen molar-refractivity contribution in [2.45, 2.75) is 51.0 Å². The molecule has 1 saturated heterocycles. The molecule has 1 amide bonds. The van der Waals surface area contributed by atoms with Crippen LogP contribution in [-0.2, 0) is 9.53 Å². The van der Waals surface area contributed by atoms with Crippen molar-refractivity contribution in [2.75, 3.05) is 26.8 Å². The highest BCUT2D eigenvalue weighted by atomic mass is 16.5. The van der Waals surface area contributed by atoms with Crippen molar-refractivity contribution in [3.63, 3.8) is 0 Å². The van der Waals surface area contributed by atoms with Crippen LogP contribution >= 0.6 is 0 Å². The Balaban J connectivity index is 1.84. The van der Waals surface area contributed by atoms with E-state index in [2.05, 4.69) is 17.6 Å². The fourth-order valence-corrected chi connectivity index (χ4v) is 3.13. The molecule has 0 spiro atoms. The molecule has 2 N–H and O–H groups in total. The van der Waals surface area contributed by atoms with Gasteiger partial charge in [-0.2, -0.15) is 0 Å². The topological polar surface area (TPSA) is 50.4 Å². The number of rotatable bonds is 7. The Hall–Kier alpha value is -0.610. The van der Waals surface area contributed by atoms with Crippen LogP contribution in [0.3, 0.4) is 0 Å². The first-order chi connectivity index (χ1) is 8.66. The Morgan fingerprint density at radius 3 is 2.67 bits per heavy atom. The average Bonchev–Trinajstić information content (AvgIpc) is 3.00. The molecule has 4 heteroatoms. The highest BCUT2D eigenvalue weighted by Crippen LogP contribution is 2.49. The van der Waals surface area contributed by atoms with E-state index in [1.165, 1.54) is 6.42 Å². The van der Waals surface area contributed by atoms with Gasteiger partial charge in [-0.05, 0) is 38.6 Å². The van der Waals surface area contributed by atoms with Crippen molar-refractivity contribution in [3.05, 3.63) is 0 Å². The van der Waals surface area contributed by atoms with E-state index >= 15 is 0 Å². The summed E-state index contributed by atoms with van der Waals surface area (Å²) in [5, 5.41) is 6.65. The van der Waals surface area contributed by atoms with Crippen LogP contribution in [0, 0.1) is 5.41 Å². The first-order valence-electron chi connectivity index (χ1n) is 7.19. The van der Waals surface area contributed by atoms with E-state index in [4.69, 9.17) is 4.74 Å². The Morgan fingerprint density at radius 1 is 1.39 bits per heavy atom. The molecule has 2 rings (SSSR count). The Morgan fingerprint density at radius 2 is 2.17 bits per heavy atom. The van der Waals surface area contributed by atoms with Crippen molar-refractivity contribution < 1.29 is 9.53 Å². The molecule has 0 aromatic carbocycles. The van der Waals surface area contributed by atoms with Gasteiger partial charge in [0.05, 0.1) is 12.1 Å². The van der Waals surface area contributed by atoms with Gasteiger partial charge in [-0.15, -0.1) is 0 Å². The van der Waals surface area contributed by atoms with Crippen LogP contribution in [0.25, 0.3) is 0 Å². The maximum absolute atomic E-state index is 12.2. The van der Waals surface area contributed by atoms with Crippen molar-refractivity contribution in [2.24, 2.45) is 5.41 Å². The summed E-state index contributed by atoms with van der Waals surface area (Å²) in [7, 11) is 1.73. The van der Waals surface area contributed by atoms with Gasteiger partial charge in [0.15, 0.2) is 0 Å². The number of hydrogen-bond acceptors (Lipinski definition) is 3. The number of ether oxygens (including phenoxy) is 1. The predicted molar refractivity (Wildman–Crippen MR) is 71.4 cm³/mol. The highest BCUT2D eigenvalue weighted by Gasteiger charge is 2.49. The summed E-state index contributed by atoms with van der Waals surface area (Å²) in [4.78, 5) is 12.2. The third-order valence-electron chi connectivity index (χ3n) is 4.40. The van der Waals surface area contributed by atoms with Gasteiger partial charge in [0.1, 0.15) is 0 Å². The molecule has 0 aromatic rings. The molecule has 18 heavy (non-hydrogen) atoms. The van der Waals surface area contributed by atoms with E-state index < -0.39 is 0 Å². The van der Waals surface area contributed by atoms with Gasteiger partial charge in [-0.3, -0.25) is 4.79 Å². The molecule has 1 unspecified atom stereocenters. The molecule has 0 bridgehead atoms. The summed E-state index contributed by atoms with van der Waals surface area (Å²) >= 11 is 0. The molecule has 4 nitrogen and oxygen atoms in total. The molecule has 104 valence electrons. The van der Waals surface area contributed by atoms with Crippen LogP contribution in [0.15, 0.2) is 0 Å². The lowest BCUT2D eigenvalue weighted by Crippen LogP contribution is -2.53. The summed E-state index contributed by atoms with van der Waals surface area (Å²) < 4.78 is 5.30. The molecule has 1 aliphatic heterocycles. The molecule has 0 aromatic heterocycles. The molecule has 1 aliphatic carbocycles. The molecular formula is C14H26N2O2. The van der Waals surface area contributed by atoms with E-state index in [1.807, 2.05) is 0 Å². The average molecular weight is 254 g/mol. The summed E-state index contributed by atoms with van der Waals surface area (Å²) in [5.41, 5.74) is -0.0612. The Labute approximate surface area is 110 Å². The minimum atomic E-state index is -0.0350. The lowest BCUT2D eigenvalue weighted by molar-refractivity contribution is -0.127. The van der Waals surface area contributed by atoms with Crippen molar-refractivity contribution >= 4 is 5.91 Å². The normalized spacial score (nSPS) is 29.2. The lowest BCUT2D eigenvalue weighted by Gasteiger charge is -2.30. The number of amides is 1. The van der Waals surface area contributed by atoms with Crippen LogP contribution in [0.2, 0.25) is 0 Å². The maximum atomic E-state index is 12.2. The Kier molecular flexibility index (Phi) is 4.28. The monoisotopic (exact) mass is 254 g/mol. The second-order valence-corrected chi connectivity index (χ2v) is 5.96. The van der Waals surface area contributed by atoms with Crippen molar-refractivity contribution in [1.29, 1.82) is 0 Å². The van der Waals surface area contributed by atoms with Crippen LogP contribution in [-0.4, -0.2) is 38.3 Å². The molecule has 1 heterocycles. The van der Waals surface area contributed by atoms with Gasteiger partial charge < -0.3 is 15.4 Å². The van der Waals surface area contributed by atoms with Crippen molar-refractivity contribution in [3.8, 4) is 0 Å². The first kappa shape index (κ1) is 13.8. The third kappa shape index (κ3) is 2.86. The zero-order valence-electron chi connectivity index (χ0n) is 11.7. The standard InChI is InChI=1S/C14H26N2O2/c1-3-5-13(7-8-13)12(17)15-10-14(11-18-2)6-4-9-16-14/h16H,3-11H2,1-2H3,(H,15,17).